The van der Waals surface area contributed by atoms with Crippen molar-refractivity contribution in [3.05, 3.63) is 182 Å². The SMILES string of the molecule is C1=CC2c3c(ccc4c3c3ccccc3n4-c3cccc(-n4c5ccccc5c5ccccc54)c3)N(c3ccc4oc5ccccc5c4c3)C2C=C1. The van der Waals surface area contributed by atoms with Crippen LogP contribution in [0, 0.1) is 0 Å². The molecule has 0 amide bonds. The third-order valence-corrected chi connectivity index (χ3v) is 11.4. The van der Waals surface area contributed by atoms with Gasteiger partial charge in [0.05, 0.1) is 28.1 Å². The van der Waals surface area contributed by atoms with Crippen LogP contribution in [0.4, 0.5) is 11.4 Å². The van der Waals surface area contributed by atoms with Crippen molar-refractivity contribution in [1.82, 2.24) is 9.13 Å². The number of allylic oxidation sites excluding steroid dienone is 2. The van der Waals surface area contributed by atoms with Crippen LogP contribution in [-0.2, 0) is 0 Å². The first kappa shape index (κ1) is 28.0. The monoisotopic (exact) mass is 665 g/mol. The maximum absolute atomic E-state index is 6.22. The first-order chi connectivity index (χ1) is 25.8. The van der Waals surface area contributed by atoms with Crippen molar-refractivity contribution in [2.24, 2.45) is 0 Å². The molecule has 4 heteroatoms. The Morgan fingerprint density at radius 2 is 1.04 bits per heavy atom. The first-order valence-corrected chi connectivity index (χ1v) is 18.0. The summed E-state index contributed by atoms with van der Waals surface area (Å²) in [5, 5.41) is 7.43. The third-order valence-electron chi connectivity index (χ3n) is 11.4. The van der Waals surface area contributed by atoms with E-state index in [9.17, 15) is 0 Å². The number of nitrogens with zero attached hydrogens (tertiary/aromatic N) is 3. The molecule has 244 valence electrons. The number of hydrogen-bond donors (Lipinski definition) is 0. The average molecular weight is 666 g/mol. The average Bonchev–Trinajstić information content (AvgIpc) is 3.94. The standard InChI is InChI=1S/C48H31N3O/c1-6-19-39-33(14-1)34-15-2-7-20-40(34)49(39)30-12-11-13-31(28-30)50-41-21-8-3-17-36(41)47-43(50)25-26-44-48(47)37-18-4-9-22-42(37)51(44)32-24-27-46-38(29-32)35-16-5-10-23-45(35)52-46/h1-29,37,42H. The molecule has 2 atom stereocenters. The lowest BCUT2D eigenvalue weighted by molar-refractivity contribution is 0.669. The normalized spacial score (nSPS) is 16.7. The number of rotatable bonds is 3. The largest absolute Gasteiger partial charge is 0.456 e. The number of para-hydroxylation sites is 4. The maximum Gasteiger partial charge on any atom is 0.135 e. The van der Waals surface area contributed by atoms with Gasteiger partial charge in [0.15, 0.2) is 0 Å². The van der Waals surface area contributed by atoms with E-state index in [1.807, 2.05) is 6.07 Å². The molecule has 0 N–H and O–H groups in total. The van der Waals surface area contributed by atoms with E-state index in [2.05, 4.69) is 184 Å². The van der Waals surface area contributed by atoms with E-state index in [1.54, 1.807) is 0 Å². The van der Waals surface area contributed by atoms with Gasteiger partial charge in [-0.1, -0.05) is 103 Å². The summed E-state index contributed by atoms with van der Waals surface area (Å²) >= 11 is 0. The molecule has 2 aliphatic rings. The number of aromatic nitrogens is 2. The quantitative estimate of drug-likeness (QED) is 0.188. The van der Waals surface area contributed by atoms with Crippen LogP contribution in [-0.4, -0.2) is 15.2 Å². The molecular formula is C48H31N3O. The number of anilines is 2. The number of hydrogen-bond acceptors (Lipinski definition) is 2. The summed E-state index contributed by atoms with van der Waals surface area (Å²) in [6.45, 7) is 0. The summed E-state index contributed by atoms with van der Waals surface area (Å²) < 4.78 is 11.1. The van der Waals surface area contributed by atoms with Crippen LogP contribution in [0.15, 0.2) is 180 Å². The van der Waals surface area contributed by atoms with Crippen LogP contribution < -0.4 is 4.90 Å². The molecule has 0 saturated heterocycles. The Kier molecular flexibility index (Phi) is 5.58. The van der Waals surface area contributed by atoms with Gasteiger partial charge in [-0.05, 0) is 78.4 Å². The highest BCUT2D eigenvalue weighted by molar-refractivity contribution is 6.14. The predicted octanol–water partition coefficient (Wildman–Crippen LogP) is 12.5. The van der Waals surface area contributed by atoms with E-state index in [4.69, 9.17) is 4.42 Å². The van der Waals surface area contributed by atoms with Crippen molar-refractivity contribution in [3.63, 3.8) is 0 Å². The number of fused-ring (bicyclic) bond motifs is 13. The third kappa shape index (κ3) is 3.70. The van der Waals surface area contributed by atoms with Gasteiger partial charge in [-0.25, -0.2) is 0 Å². The topological polar surface area (TPSA) is 26.2 Å². The highest BCUT2D eigenvalue weighted by Gasteiger charge is 2.40. The second-order valence-electron chi connectivity index (χ2n) is 14.1. The van der Waals surface area contributed by atoms with Crippen LogP contribution in [0.2, 0.25) is 0 Å². The molecule has 4 nitrogen and oxygen atoms in total. The van der Waals surface area contributed by atoms with Gasteiger partial charge in [0, 0.05) is 61.0 Å². The fraction of sp³-hybridized carbons (Fsp3) is 0.0417. The number of benzene rings is 7. The van der Waals surface area contributed by atoms with Crippen molar-refractivity contribution in [2.45, 2.75) is 12.0 Å². The molecule has 4 heterocycles. The predicted molar refractivity (Wildman–Crippen MR) is 216 cm³/mol. The van der Waals surface area contributed by atoms with Gasteiger partial charge >= 0.3 is 0 Å². The van der Waals surface area contributed by atoms with Gasteiger partial charge in [0.25, 0.3) is 0 Å². The van der Waals surface area contributed by atoms with Crippen molar-refractivity contribution in [3.8, 4) is 11.4 Å². The minimum Gasteiger partial charge on any atom is -0.456 e. The molecule has 2 unspecified atom stereocenters. The molecule has 0 spiro atoms. The minimum absolute atomic E-state index is 0.168. The van der Waals surface area contributed by atoms with Crippen LogP contribution in [0.1, 0.15) is 11.5 Å². The second kappa shape index (κ2) is 10.4. The van der Waals surface area contributed by atoms with Crippen molar-refractivity contribution >= 4 is 76.9 Å². The minimum atomic E-state index is 0.168. The van der Waals surface area contributed by atoms with E-state index < -0.39 is 0 Å². The van der Waals surface area contributed by atoms with Crippen molar-refractivity contribution < 1.29 is 4.42 Å². The van der Waals surface area contributed by atoms with Gasteiger partial charge in [0.2, 0.25) is 0 Å². The Labute approximate surface area is 299 Å². The van der Waals surface area contributed by atoms with Gasteiger partial charge in [-0.15, -0.1) is 0 Å². The molecule has 1 aliphatic heterocycles. The summed E-state index contributed by atoms with van der Waals surface area (Å²) in [6, 6.07) is 55.2. The molecular weight excluding hydrogens is 635 g/mol. The summed E-state index contributed by atoms with van der Waals surface area (Å²) in [6.07, 6.45) is 9.17. The molecule has 3 aromatic heterocycles. The fourth-order valence-corrected chi connectivity index (χ4v) is 9.32. The van der Waals surface area contributed by atoms with E-state index >= 15 is 0 Å². The first-order valence-electron chi connectivity index (χ1n) is 18.0. The fourth-order valence-electron chi connectivity index (χ4n) is 9.32. The zero-order valence-corrected chi connectivity index (χ0v) is 28.1. The van der Waals surface area contributed by atoms with E-state index in [1.165, 1.54) is 60.5 Å². The lowest BCUT2D eigenvalue weighted by Gasteiger charge is -2.28. The van der Waals surface area contributed by atoms with Gasteiger partial charge in [0.1, 0.15) is 11.2 Å². The zero-order chi connectivity index (χ0) is 33.9. The highest BCUT2D eigenvalue weighted by Crippen LogP contribution is 2.53. The van der Waals surface area contributed by atoms with Crippen molar-refractivity contribution in [2.75, 3.05) is 4.90 Å². The summed E-state index contributed by atoms with van der Waals surface area (Å²) in [5.41, 5.74) is 12.8. The Morgan fingerprint density at radius 3 is 1.81 bits per heavy atom. The summed E-state index contributed by atoms with van der Waals surface area (Å²) in [5.74, 6) is 0.212. The maximum atomic E-state index is 6.22. The molecule has 0 fully saturated rings. The highest BCUT2D eigenvalue weighted by atomic mass is 16.3. The van der Waals surface area contributed by atoms with Gasteiger partial charge in [-0.2, -0.15) is 0 Å². The molecule has 12 rings (SSSR count). The van der Waals surface area contributed by atoms with E-state index in [-0.39, 0.29) is 12.0 Å². The van der Waals surface area contributed by atoms with Crippen molar-refractivity contribution in [1.29, 1.82) is 0 Å². The Hall–Kier alpha value is -6.78. The molecule has 0 bridgehead atoms. The lowest BCUT2D eigenvalue weighted by atomic mass is 9.88. The molecule has 0 radical (unpaired) electrons. The van der Waals surface area contributed by atoms with Crippen LogP contribution >= 0.6 is 0 Å². The number of furan rings is 1. The smallest absolute Gasteiger partial charge is 0.135 e. The van der Waals surface area contributed by atoms with E-state index in [0.29, 0.717) is 0 Å². The molecule has 52 heavy (non-hydrogen) atoms. The van der Waals surface area contributed by atoms with Crippen LogP contribution in [0.25, 0.3) is 76.9 Å². The second-order valence-corrected chi connectivity index (χ2v) is 14.1. The van der Waals surface area contributed by atoms with Crippen LogP contribution in [0.5, 0.6) is 0 Å². The molecule has 10 aromatic rings. The summed E-state index contributed by atoms with van der Waals surface area (Å²) in [4.78, 5) is 2.54. The Balaban J connectivity index is 1.09. The van der Waals surface area contributed by atoms with Crippen LogP contribution in [0.3, 0.4) is 0 Å². The molecule has 1 aliphatic carbocycles. The van der Waals surface area contributed by atoms with Gasteiger partial charge in [-0.3, -0.25) is 0 Å². The lowest BCUT2D eigenvalue weighted by Crippen LogP contribution is -2.28. The molecule has 7 aromatic carbocycles. The summed E-state index contributed by atoms with van der Waals surface area (Å²) in [7, 11) is 0. The zero-order valence-electron chi connectivity index (χ0n) is 28.1. The molecule has 0 saturated carbocycles. The van der Waals surface area contributed by atoms with E-state index in [0.717, 1.165) is 33.3 Å². The Morgan fingerprint density at radius 1 is 0.423 bits per heavy atom. The Bertz CT molecular complexity index is 3120. The van der Waals surface area contributed by atoms with Gasteiger partial charge < -0.3 is 18.5 Å².